The van der Waals surface area contributed by atoms with Crippen LogP contribution in [-0.2, 0) is 16.1 Å². The molecule has 2 N–H and O–H groups in total. The molecule has 0 atom stereocenters. The number of carbonyl (C=O) groups is 2. The fourth-order valence-corrected chi connectivity index (χ4v) is 5.17. The minimum Gasteiger partial charge on any atom is -0.351 e. The summed E-state index contributed by atoms with van der Waals surface area (Å²) in [5.41, 5.74) is 3.39. The minimum absolute atomic E-state index is 0.0280. The van der Waals surface area contributed by atoms with E-state index < -0.39 is 0 Å². The van der Waals surface area contributed by atoms with Gasteiger partial charge in [0.1, 0.15) is 0 Å². The first-order valence-corrected chi connectivity index (χ1v) is 11.9. The summed E-state index contributed by atoms with van der Waals surface area (Å²) in [6, 6.07) is 10.3. The van der Waals surface area contributed by atoms with Crippen LogP contribution in [0.1, 0.15) is 29.3 Å². The summed E-state index contributed by atoms with van der Waals surface area (Å²) in [5.74, 6) is 0.651. The summed E-state index contributed by atoms with van der Waals surface area (Å²) in [5, 5.41) is 8.23. The molecular formula is C21H23N3O2S3. The summed E-state index contributed by atoms with van der Waals surface area (Å²) in [4.78, 5) is 31.0. The van der Waals surface area contributed by atoms with Gasteiger partial charge in [0.2, 0.25) is 11.8 Å². The smallest absolute Gasteiger partial charge is 0.226 e. The molecule has 0 spiro atoms. The lowest BCUT2D eigenvalue weighted by Crippen LogP contribution is -2.17. The number of carbonyl (C=O) groups excluding carboxylic acids is 2. The van der Waals surface area contributed by atoms with Gasteiger partial charge >= 0.3 is 0 Å². The minimum atomic E-state index is -0.0470. The Morgan fingerprint density at radius 3 is 2.72 bits per heavy atom. The van der Waals surface area contributed by atoms with Crippen molar-refractivity contribution in [2.24, 2.45) is 0 Å². The van der Waals surface area contributed by atoms with Gasteiger partial charge in [-0.05, 0) is 49.2 Å². The Kier molecular flexibility index (Phi) is 7.46. The number of nitrogens with one attached hydrogen (secondary N) is 2. The van der Waals surface area contributed by atoms with Gasteiger partial charge in [-0.3, -0.25) is 9.59 Å². The molecule has 0 saturated heterocycles. The number of anilines is 1. The van der Waals surface area contributed by atoms with E-state index in [1.807, 2.05) is 17.5 Å². The molecule has 0 radical (unpaired) electrons. The second kappa shape index (κ2) is 10.0. The predicted octanol–water partition coefficient (Wildman–Crippen LogP) is 5.25. The number of aromatic nitrogens is 1. The van der Waals surface area contributed by atoms with Crippen LogP contribution in [-0.4, -0.2) is 22.6 Å². The molecule has 0 bridgehead atoms. The third kappa shape index (κ3) is 6.42. The highest BCUT2D eigenvalue weighted by molar-refractivity contribution is 7.99. The van der Waals surface area contributed by atoms with Crippen LogP contribution in [0.4, 0.5) is 5.13 Å². The Hall–Kier alpha value is -2.16. The molecule has 3 aromatic rings. The quantitative estimate of drug-likeness (QED) is 0.465. The summed E-state index contributed by atoms with van der Waals surface area (Å²) < 4.78 is 0. The van der Waals surface area contributed by atoms with E-state index in [-0.39, 0.29) is 11.8 Å². The molecular weight excluding hydrogens is 422 g/mol. The van der Waals surface area contributed by atoms with E-state index >= 15 is 0 Å². The van der Waals surface area contributed by atoms with Crippen LogP contribution < -0.4 is 10.6 Å². The predicted molar refractivity (Wildman–Crippen MR) is 123 cm³/mol. The summed E-state index contributed by atoms with van der Waals surface area (Å²) in [6.07, 6.45) is 0.437. The first-order chi connectivity index (χ1) is 13.9. The molecule has 3 rings (SSSR count). The van der Waals surface area contributed by atoms with Crippen molar-refractivity contribution in [3.8, 4) is 10.6 Å². The van der Waals surface area contributed by atoms with Gasteiger partial charge in [-0.25, -0.2) is 4.98 Å². The number of benzene rings is 1. The Morgan fingerprint density at radius 1 is 1.14 bits per heavy atom. The Morgan fingerprint density at radius 2 is 1.97 bits per heavy atom. The molecule has 2 heterocycles. The molecule has 2 aromatic heterocycles. The van der Waals surface area contributed by atoms with E-state index in [1.54, 1.807) is 23.1 Å². The molecule has 0 aliphatic rings. The Bertz CT molecular complexity index is 1010. The van der Waals surface area contributed by atoms with Crippen molar-refractivity contribution in [1.29, 1.82) is 0 Å². The maximum Gasteiger partial charge on any atom is 0.226 e. The van der Waals surface area contributed by atoms with Crippen LogP contribution >= 0.6 is 34.4 Å². The molecule has 0 saturated carbocycles. The third-order valence-corrected chi connectivity index (χ3v) is 7.11. The number of rotatable bonds is 8. The van der Waals surface area contributed by atoms with Gasteiger partial charge in [-0.1, -0.05) is 6.07 Å². The topological polar surface area (TPSA) is 71.1 Å². The van der Waals surface area contributed by atoms with Crippen molar-refractivity contribution in [3.63, 3.8) is 0 Å². The maximum absolute atomic E-state index is 12.2. The van der Waals surface area contributed by atoms with Gasteiger partial charge in [0.05, 0.1) is 17.1 Å². The van der Waals surface area contributed by atoms with Crippen molar-refractivity contribution < 1.29 is 9.59 Å². The van der Waals surface area contributed by atoms with E-state index in [9.17, 15) is 9.59 Å². The SMILES string of the molecule is CC(=O)NCc1ccc(-c2csc(NC(=O)CCSc3ccc(C)c(C)c3)n2)s1. The number of thioether (sulfide) groups is 1. The molecule has 0 aliphatic heterocycles. The van der Waals surface area contributed by atoms with Crippen molar-refractivity contribution in [3.05, 3.63) is 51.7 Å². The number of hydrogen-bond donors (Lipinski definition) is 2. The Labute approximate surface area is 183 Å². The fraction of sp³-hybridized carbons (Fsp3) is 0.286. The number of aryl methyl sites for hydroxylation is 2. The van der Waals surface area contributed by atoms with Gasteiger partial charge in [-0.2, -0.15) is 0 Å². The zero-order valence-corrected chi connectivity index (χ0v) is 19.0. The molecule has 2 amide bonds. The zero-order valence-electron chi connectivity index (χ0n) is 16.6. The monoisotopic (exact) mass is 445 g/mol. The molecule has 8 heteroatoms. The first kappa shape index (κ1) is 21.5. The largest absolute Gasteiger partial charge is 0.351 e. The lowest BCUT2D eigenvalue weighted by Gasteiger charge is -2.05. The standard InChI is InChI=1S/C21H23N3O2S3/c1-13-4-5-16(10-14(13)2)27-9-8-20(26)24-21-23-18(12-28-21)19-7-6-17(29-19)11-22-15(3)25/h4-7,10,12H,8-9,11H2,1-3H3,(H,22,25)(H,23,24,26). The van der Waals surface area contributed by atoms with Crippen LogP contribution in [0, 0.1) is 13.8 Å². The van der Waals surface area contributed by atoms with Crippen LogP contribution in [0.5, 0.6) is 0 Å². The Balaban J connectivity index is 1.48. The first-order valence-electron chi connectivity index (χ1n) is 9.19. The number of amides is 2. The second-order valence-electron chi connectivity index (χ2n) is 6.61. The number of nitrogens with zero attached hydrogens (tertiary/aromatic N) is 1. The van der Waals surface area contributed by atoms with E-state index in [1.165, 1.54) is 34.3 Å². The van der Waals surface area contributed by atoms with Gasteiger partial charge in [0, 0.05) is 34.3 Å². The van der Waals surface area contributed by atoms with Gasteiger partial charge in [0.15, 0.2) is 5.13 Å². The van der Waals surface area contributed by atoms with Crippen molar-refractivity contribution in [2.45, 2.75) is 38.6 Å². The van der Waals surface area contributed by atoms with Crippen molar-refractivity contribution in [1.82, 2.24) is 10.3 Å². The highest BCUT2D eigenvalue weighted by atomic mass is 32.2. The molecule has 0 aliphatic carbocycles. The highest BCUT2D eigenvalue weighted by Gasteiger charge is 2.10. The van der Waals surface area contributed by atoms with Crippen LogP contribution in [0.15, 0.2) is 40.6 Å². The van der Waals surface area contributed by atoms with Crippen LogP contribution in [0.2, 0.25) is 0 Å². The average Bonchev–Trinajstić information content (AvgIpc) is 3.32. The normalized spacial score (nSPS) is 10.7. The van der Waals surface area contributed by atoms with Crippen LogP contribution in [0.3, 0.4) is 0 Å². The molecule has 29 heavy (non-hydrogen) atoms. The van der Waals surface area contributed by atoms with Gasteiger partial charge < -0.3 is 10.6 Å². The fourth-order valence-electron chi connectivity index (χ4n) is 2.51. The van der Waals surface area contributed by atoms with Crippen molar-refractivity contribution in [2.75, 3.05) is 11.1 Å². The molecule has 1 aromatic carbocycles. The summed E-state index contributed by atoms with van der Waals surface area (Å²) in [6.45, 7) is 6.22. The van der Waals surface area contributed by atoms with Gasteiger partial charge in [0.25, 0.3) is 0 Å². The second-order valence-corrected chi connectivity index (χ2v) is 9.80. The highest BCUT2D eigenvalue weighted by Crippen LogP contribution is 2.31. The number of thiazole rings is 1. The summed E-state index contributed by atoms with van der Waals surface area (Å²) >= 11 is 4.70. The number of thiophene rings is 1. The van der Waals surface area contributed by atoms with Crippen molar-refractivity contribution >= 4 is 51.4 Å². The van der Waals surface area contributed by atoms with E-state index in [0.717, 1.165) is 21.2 Å². The molecule has 5 nitrogen and oxygen atoms in total. The van der Waals surface area contributed by atoms with E-state index in [0.29, 0.717) is 18.1 Å². The lowest BCUT2D eigenvalue weighted by molar-refractivity contribution is -0.119. The summed E-state index contributed by atoms with van der Waals surface area (Å²) in [7, 11) is 0. The lowest BCUT2D eigenvalue weighted by atomic mass is 10.1. The molecule has 0 fully saturated rings. The van der Waals surface area contributed by atoms with Gasteiger partial charge in [-0.15, -0.1) is 34.4 Å². The number of hydrogen-bond acceptors (Lipinski definition) is 6. The molecule has 152 valence electrons. The molecule has 0 unspecified atom stereocenters. The zero-order chi connectivity index (χ0) is 20.8. The average molecular weight is 446 g/mol. The maximum atomic E-state index is 12.2. The third-order valence-electron chi connectivity index (χ3n) is 4.25. The van der Waals surface area contributed by atoms with E-state index in [4.69, 9.17) is 0 Å². The van der Waals surface area contributed by atoms with E-state index in [2.05, 4.69) is 47.7 Å². The van der Waals surface area contributed by atoms with Crippen LogP contribution in [0.25, 0.3) is 10.6 Å².